The fraction of sp³-hybridized carbons (Fsp3) is 0.231. The summed E-state index contributed by atoms with van der Waals surface area (Å²) in [5.41, 5.74) is 2.82. The van der Waals surface area contributed by atoms with Crippen molar-refractivity contribution in [3.05, 3.63) is 70.4 Å². The molecule has 2 N–H and O–H groups in total. The van der Waals surface area contributed by atoms with E-state index in [1.165, 1.54) is 18.2 Å². The standard InChI is InChI=1S/C26H22F3N7O2/c1-35-6-8-36(9-7-35)25-30-13-16(14-31-25)23-18-4-2-15(11-22(18)33-34-23)10-20-19-12-17(38-26(27,28)29)3-5-21(19)32-24(20)37/h2-5,10-14,32,37H,6-9H2,1H3. The number of anilines is 1. The normalized spacial score (nSPS) is 16.5. The smallest absolute Gasteiger partial charge is 0.494 e. The van der Waals surface area contributed by atoms with Crippen LogP contribution >= 0.6 is 0 Å². The van der Waals surface area contributed by atoms with Crippen LogP contribution in [0.15, 0.2) is 59.0 Å². The van der Waals surface area contributed by atoms with Crippen LogP contribution in [0, 0.1) is 0 Å². The van der Waals surface area contributed by atoms with Crippen molar-refractivity contribution in [1.82, 2.24) is 19.9 Å². The number of aromatic nitrogens is 3. The second-order valence-corrected chi connectivity index (χ2v) is 9.17. The number of benzene rings is 2. The number of rotatable bonds is 4. The highest BCUT2D eigenvalue weighted by Gasteiger charge is 2.31. The lowest BCUT2D eigenvalue weighted by atomic mass is 10.1. The highest BCUT2D eigenvalue weighted by molar-refractivity contribution is 5.92. The average Bonchev–Trinajstić information content (AvgIpc) is 3.44. The molecule has 2 aliphatic heterocycles. The Labute approximate surface area is 214 Å². The highest BCUT2D eigenvalue weighted by Crippen LogP contribution is 2.33. The third kappa shape index (κ3) is 4.65. The van der Waals surface area contributed by atoms with E-state index >= 15 is 0 Å². The third-order valence-corrected chi connectivity index (χ3v) is 6.57. The second kappa shape index (κ2) is 9.14. The minimum absolute atomic E-state index is 0.170. The molecule has 0 atom stereocenters. The minimum Gasteiger partial charge on any atom is -0.494 e. The fourth-order valence-corrected chi connectivity index (χ4v) is 4.59. The molecule has 0 spiro atoms. The molecule has 4 heterocycles. The summed E-state index contributed by atoms with van der Waals surface area (Å²) >= 11 is 0. The minimum atomic E-state index is -4.81. The first-order chi connectivity index (χ1) is 18.2. The number of azo groups is 1. The van der Waals surface area contributed by atoms with Crippen molar-refractivity contribution in [3.8, 4) is 11.6 Å². The number of ether oxygens (including phenoxy) is 1. The Balaban J connectivity index is 1.32. The van der Waals surface area contributed by atoms with E-state index < -0.39 is 6.36 Å². The first kappa shape index (κ1) is 23.9. The summed E-state index contributed by atoms with van der Waals surface area (Å²) in [5, 5.41) is 20.9. The molecule has 0 bridgehead atoms. The number of alkyl halides is 3. The Morgan fingerprint density at radius 2 is 1.76 bits per heavy atom. The number of hydrogen-bond acceptors (Lipinski definition) is 8. The van der Waals surface area contributed by atoms with Crippen molar-refractivity contribution in [2.24, 2.45) is 10.2 Å². The van der Waals surface area contributed by atoms with E-state index in [-0.39, 0.29) is 11.6 Å². The Bertz CT molecular complexity index is 1670. The molecule has 12 heteroatoms. The maximum atomic E-state index is 12.7. The quantitative estimate of drug-likeness (QED) is 0.427. The van der Waals surface area contributed by atoms with Crippen LogP contribution in [0.1, 0.15) is 11.1 Å². The van der Waals surface area contributed by atoms with Gasteiger partial charge >= 0.3 is 6.36 Å². The molecule has 2 aromatic carbocycles. The number of fused-ring (bicyclic) bond motifs is 2. The Kier molecular flexibility index (Phi) is 5.75. The summed E-state index contributed by atoms with van der Waals surface area (Å²) in [7, 11) is 2.09. The van der Waals surface area contributed by atoms with Gasteiger partial charge in [0.1, 0.15) is 11.4 Å². The molecule has 0 amide bonds. The number of likely N-dealkylation sites (N-methyl/N-ethyl adjacent to an activating group) is 1. The number of nitrogens with zero attached hydrogens (tertiary/aromatic N) is 6. The summed E-state index contributed by atoms with van der Waals surface area (Å²) in [4.78, 5) is 16.3. The van der Waals surface area contributed by atoms with Gasteiger partial charge in [0.2, 0.25) is 5.95 Å². The summed E-state index contributed by atoms with van der Waals surface area (Å²) in [5.74, 6) is 0.141. The van der Waals surface area contributed by atoms with Crippen molar-refractivity contribution < 1.29 is 23.0 Å². The van der Waals surface area contributed by atoms with E-state index in [2.05, 4.69) is 46.8 Å². The number of halogens is 3. The molecule has 0 saturated carbocycles. The largest absolute Gasteiger partial charge is 0.573 e. The Morgan fingerprint density at radius 3 is 2.50 bits per heavy atom. The Morgan fingerprint density at radius 1 is 1.00 bits per heavy atom. The van der Waals surface area contributed by atoms with Crippen LogP contribution in [-0.4, -0.2) is 64.5 Å². The number of aromatic hydroxyl groups is 1. The Hall–Kier alpha value is -4.45. The predicted octanol–water partition coefficient (Wildman–Crippen LogP) is 3.40. The molecule has 6 rings (SSSR count). The molecule has 194 valence electrons. The molecule has 9 nitrogen and oxygen atoms in total. The molecular weight excluding hydrogens is 499 g/mol. The van der Waals surface area contributed by atoms with E-state index in [4.69, 9.17) is 0 Å². The number of piperazine rings is 1. The molecule has 2 aliphatic rings. The second-order valence-electron chi connectivity index (χ2n) is 9.17. The molecule has 4 aromatic rings. The van der Waals surface area contributed by atoms with Gasteiger partial charge in [-0.3, -0.25) is 0 Å². The molecule has 1 fully saturated rings. The van der Waals surface area contributed by atoms with Crippen molar-refractivity contribution in [2.75, 3.05) is 38.1 Å². The van der Waals surface area contributed by atoms with Gasteiger partial charge in [-0.25, -0.2) is 9.97 Å². The maximum absolute atomic E-state index is 12.7. The van der Waals surface area contributed by atoms with Crippen LogP contribution in [-0.2, 0) is 0 Å². The van der Waals surface area contributed by atoms with E-state index in [9.17, 15) is 18.3 Å². The molecule has 2 aromatic heterocycles. The summed E-state index contributed by atoms with van der Waals surface area (Å²) in [6.45, 7) is 3.66. The van der Waals surface area contributed by atoms with Crippen LogP contribution in [0.3, 0.4) is 0 Å². The highest BCUT2D eigenvalue weighted by atomic mass is 19.4. The monoisotopic (exact) mass is 521 g/mol. The number of nitrogens with one attached hydrogen (secondary N) is 1. The molecule has 0 aliphatic carbocycles. The zero-order valence-electron chi connectivity index (χ0n) is 20.2. The van der Waals surface area contributed by atoms with Gasteiger partial charge in [0, 0.05) is 65.8 Å². The lowest BCUT2D eigenvalue weighted by Crippen LogP contribution is -2.45. The first-order valence-corrected chi connectivity index (χ1v) is 11.9. The van der Waals surface area contributed by atoms with E-state index in [0.29, 0.717) is 39.0 Å². The first-order valence-electron chi connectivity index (χ1n) is 11.9. The van der Waals surface area contributed by atoms with Gasteiger partial charge in [-0.1, -0.05) is 6.07 Å². The molecule has 0 radical (unpaired) electrons. The SMILES string of the molecule is CN1CCN(c2ncc(C3=c4ccc(=Cc5c(O)[nH]c6ccc(OC(F)(F)F)cc56)cc4N=N3)cn2)CC1. The van der Waals surface area contributed by atoms with Crippen molar-refractivity contribution in [1.29, 1.82) is 0 Å². The zero-order valence-corrected chi connectivity index (χ0v) is 20.2. The molecule has 1 saturated heterocycles. The van der Waals surface area contributed by atoms with Crippen LogP contribution in [0.4, 0.5) is 24.8 Å². The molecule has 0 unspecified atom stereocenters. The zero-order chi connectivity index (χ0) is 26.4. The van der Waals surface area contributed by atoms with E-state index in [1.807, 2.05) is 12.1 Å². The molecule has 38 heavy (non-hydrogen) atoms. The number of H-pyrrole nitrogens is 1. The van der Waals surface area contributed by atoms with Gasteiger partial charge in [0.15, 0.2) is 5.88 Å². The summed E-state index contributed by atoms with van der Waals surface area (Å²) in [6, 6.07) is 9.31. The van der Waals surface area contributed by atoms with E-state index in [1.54, 1.807) is 24.5 Å². The van der Waals surface area contributed by atoms with Gasteiger partial charge in [0.25, 0.3) is 0 Å². The van der Waals surface area contributed by atoms with Crippen LogP contribution in [0.25, 0.3) is 22.7 Å². The lowest BCUT2D eigenvalue weighted by Gasteiger charge is -2.32. The lowest BCUT2D eigenvalue weighted by molar-refractivity contribution is -0.274. The van der Waals surface area contributed by atoms with Gasteiger partial charge in [-0.15, -0.1) is 23.4 Å². The average molecular weight is 522 g/mol. The van der Waals surface area contributed by atoms with Crippen molar-refractivity contribution >= 4 is 34.3 Å². The maximum Gasteiger partial charge on any atom is 0.573 e. The summed E-state index contributed by atoms with van der Waals surface area (Å²) in [6.07, 6.45) is 0.335. The van der Waals surface area contributed by atoms with Crippen LogP contribution in [0.5, 0.6) is 11.6 Å². The van der Waals surface area contributed by atoms with Gasteiger partial charge in [-0.05, 0) is 48.7 Å². The van der Waals surface area contributed by atoms with Crippen molar-refractivity contribution in [2.45, 2.75) is 6.36 Å². The fourth-order valence-electron chi connectivity index (χ4n) is 4.59. The van der Waals surface area contributed by atoms with Gasteiger partial charge < -0.3 is 24.6 Å². The summed E-state index contributed by atoms with van der Waals surface area (Å²) < 4.78 is 42.1. The number of aromatic amines is 1. The predicted molar refractivity (Wildman–Crippen MR) is 135 cm³/mol. The van der Waals surface area contributed by atoms with Crippen LogP contribution < -0.4 is 20.1 Å². The topological polar surface area (TPSA) is 102 Å². The van der Waals surface area contributed by atoms with Crippen molar-refractivity contribution in [3.63, 3.8) is 0 Å². The number of hydrogen-bond donors (Lipinski definition) is 2. The van der Waals surface area contributed by atoms with Gasteiger partial charge in [-0.2, -0.15) is 0 Å². The molecular formula is C26H22F3N7O2. The van der Waals surface area contributed by atoms with E-state index in [0.717, 1.165) is 37.0 Å². The van der Waals surface area contributed by atoms with Gasteiger partial charge in [0.05, 0.1) is 5.69 Å². The third-order valence-electron chi connectivity index (χ3n) is 6.57. The van der Waals surface area contributed by atoms with Crippen LogP contribution in [0.2, 0.25) is 0 Å².